The fourth-order valence-corrected chi connectivity index (χ4v) is 2.13. The summed E-state index contributed by atoms with van der Waals surface area (Å²) in [6.07, 6.45) is 0.755. The van der Waals surface area contributed by atoms with Crippen LogP contribution in [0.5, 0.6) is 11.5 Å². The minimum atomic E-state index is -0.264. The van der Waals surface area contributed by atoms with Gasteiger partial charge in [-0.3, -0.25) is 4.79 Å². The van der Waals surface area contributed by atoms with Crippen molar-refractivity contribution in [2.24, 2.45) is 22.4 Å². The van der Waals surface area contributed by atoms with Crippen LogP contribution in [0.1, 0.15) is 17.9 Å². The third kappa shape index (κ3) is 2.78. The number of rotatable bonds is 4. The van der Waals surface area contributed by atoms with Crippen molar-refractivity contribution >= 4 is 11.9 Å². The first-order valence-corrected chi connectivity index (χ1v) is 5.92. The average Bonchev–Trinajstić information content (AvgIpc) is 3.17. The second-order valence-electron chi connectivity index (χ2n) is 4.44. The summed E-state index contributed by atoms with van der Waals surface area (Å²) in [5.41, 5.74) is 11.4. The fourth-order valence-electron chi connectivity index (χ4n) is 2.13. The van der Waals surface area contributed by atoms with Crippen molar-refractivity contribution in [1.29, 1.82) is 0 Å². The number of hydrogen-bond donors (Lipinski definition) is 2. The van der Waals surface area contributed by atoms with E-state index < -0.39 is 0 Å². The Morgan fingerprint density at radius 2 is 1.95 bits per heavy atom. The van der Waals surface area contributed by atoms with E-state index in [0.717, 1.165) is 12.0 Å². The number of ether oxygens (including phenoxy) is 2. The van der Waals surface area contributed by atoms with Crippen LogP contribution in [0.25, 0.3) is 0 Å². The minimum Gasteiger partial charge on any atom is -0.493 e. The average molecular weight is 263 g/mol. The topological polar surface area (TPSA) is 99.9 Å². The highest BCUT2D eigenvalue weighted by Gasteiger charge is 2.44. The molecule has 1 aliphatic carbocycles. The Morgan fingerprint density at radius 3 is 2.53 bits per heavy atom. The van der Waals surface area contributed by atoms with Crippen molar-refractivity contribution in [3.63, 3.8) is 0 Å². The van der Waals surface area contributed by atoms with E-state index in [9.17, 15) is 4.79 Å². The van der Waals surface area contributed by atoms with Gasteiger partial charge < -0.3 is 20.9 Å². The molecule has 0 heterocycles. The molecule has 6 heteroatoms. The van der Waals surface area contributed by atoms with Gasteiger partial charge in [0.05, 0.1) is 14.2 Å². The first-order chi connectivity index (χ1) is 9.06. The number of amides is 1. The van der Waals surface area contributed by atoms with Crippen LogP contribution in [-0.2, 0) is 4.79 Å². The first kappa shape index (κ1) is 13.2. The number of nitrogens with two attached hydrogens (primary N) is 2. The second-order valence-corrected chi connectivity index (χ2v) is 4.44. The largest absolute Gasteiger partial charge is 0.493 e. The molecule has 19 heavy (non-hydrogen) atoms. The number of aliphatic imine (C=N–C) groups is 1. The van der Waals surface area contributed by atoms with Crippen molar-refractivity contribution in [3.05, 3.63) is 23.8 Å². The normalized spacial score (nSPS) is 20.5. The van der Waals surface area contributed by atoms with E-state index in [2.05, 4.69) is 4.99 Å². The molecule has 102 valence electrons. The zero-order valence-corrected chi connectivity index (χ0v) is 10.9. The second kappa shape index (κ2) is 5.17. The molecule has 1 fully saturated rings. The number of benzene rings is 1. The highest BCUT2D eigenvalue weighted by molar-refractivity contribution is 5.94. The summed E-state index contributed by atoms with van der Waals surface area (Å²) in [5, 5.41) is 0. The molecular weight excluding hydrogens is 246 g/mol. The predicted octanol–water partition coefficient (Wildman–Crippen LogP) is 0.607. The first-order valence-electron chi connectivity index (χ1n) is 5.92. The summed E-state index contributed by atoms with van der Waals surface area (Å²) < 4.78 is 10.4. The van der Waals surface area contributed by atoms with Crippen LogP contribution < -0.4 is 20.9 Å². The molecule has 0 aromatic heterocycles. The lowest BCUT2D eigenvalue weighted by atomic mass is 10.1. The zero-order chi connectivity index (χ0) is 14.0. The molecule has 0 aliphatic heterocycles. The van der Waals surface area contributed by atoms with Gasteiger partial charge in [-0.05, 0) is 30.0 Å². The van der Waals surface area contributed by atoms with Crippen molar-refractivity contribution in [2.75, 3.05) is 14.2 Å². The molecule has 1 aliphatic rings. The zero-order valence-electron chi connectivity index (χ0n) is 10.9. The van der Waals surface area contributed by atoms with Crippen LogP contribution in [0, 0.1) is 5.92 Å². The number of carbonyl (C=O) groups excluding carboxylic acids is 1. The van der Waals surface area contributed by atoms with Gasteiger partial charge in [-0.2, -0.15) is 4.99 Å². The highest BCUT2D eigenvalue weighted by atomic mass is 16.5. The molecule has 0 spiro atoms. The Hall–Kier alpha value is -2.24. The van der Waals surface area contributed by atoms with E-state index >= 15 is 0 Å². The molecule has 0 bridgehead atoms. The van der Waals surface area contributed by atoms with Gasteiger partial charge in [0.15, 0.2) is 17.5 Å². The lowest BCUT2D eigenvalue weighted by Crippen LogP contribution is -2.24. The van der Waals surface area contributed by atoms with Crippen LogP contribution in [0.15, 0.2) is 23.2 Å². The van der Waals surface area contributed by atoms with E-state index in [4.69, 9.17) is 20.9 Å². The smallest absolute Gasteiger partial charge is 0.252 e. The number of nitrogens with zero attached hydrogens (tertiary/aromatic N) is 1. The molecule has 4 N–H and O–H groups in total. The Morgan fingerprint density at radius 1 is 1.26 bits per heavy atom. The maximum Gasteiger partial charge on any atom is 0.252 e. The van der Waals surface area contributed by atoms with Gasteiger partial charge in [0.1, 0.15) is 0 Å². The molecule has 0 radical (unpaired) electrons. The number of methoxy groups -OCH3 is 2. The molecule has 1 amide bonds. The molecule has 2 rings (SSSR count). The number of carbonyl (C=O) groups is 1. The molecular formula is C13H17N3O3. The molecule has 1 aromatic rings. The van der Waals surface area contributed by atoms with Gasteiger partial charge in [0.25, 0.3) is 5.91 Å². The maximum absolute atomic E-state index is 11.7. The van der Waals surface area contributed by atoms with Crippen molar-refractivity contribution < 1.29 is 14.3 Å². The standard InChI is InChI=1S/C13H17N3O3/c1-18-10-4-3-7(5-11(10)19-2)8-6-9(8)12(17)16-13(14)15/h3-5,8-9H,6H2,1-2H3,(H4,14,15,16,17)/t8-,9?/m1/s1. The predicted molar refractivity (Wildman–Crippen MR) is 71.2 cm³/mol. The van der Waals surface area contributed by atoms with E-state index in [0.29, 0.717) is 11.5 Å². The van der Waals surface area contributed by atoms with Crippen LogP contribution in [0.2, 0.25) is 0 Å². The third-order valence-corrected chi connectivity index (χ3v) is 3.18. The SMILES string of the molecule is COc1ccc([C@H]2CC2C(=O)N=C(N)N)cc1OC. The fraction of sp³-hybridized carbons (Fsp3) is 0.385. The lowest BCUT2D eigenvalue weighted by Gasteiger charge is -2.09. The molecule has 6 nitrogen and oxygen atoms in total. The summed E-state index contributed by atoms with van der Waals surface area (Å²) in [6, 6.07) is 5.63. The van der Waals surface area contributed by atoms with E-state index in [1.54, 1.807) is 14.2 Å². The van der Waals surface area contributed by atoms with E-state index in [1.165, 1.54) is 0 Å². The molecule has 1 unspecified atom stereocenters. The van der Waals surface area contributed by atoms with Crippen molar-refractivity contribution in [2.45, 2.75) is 12.3 Å². The van der Waals surface area contributed by atoms with Gasteiger partial charge in [-0.25, -0.2) is 0 Å². The number of guanidine groups is 1. The molecule has 0 saturated heterocycles. The monoisotopic (exact) mass is 263 g/mol. The highest BCUT2D eigenvalue weighted by Crippen LogP contribution is 2.49. The van der Waals surface area contributed by atoms with Crippen LogP contribution >= 0.6 is 0 Å². The van der Waals surface area contributed by atoms with Crippen molar-refractivity contribution in [1.82, 2.24) is 0 Å². The van der Waals surface area contributed by atoms with Crippen LogP contribution in [0.3, 0.4) is 0 Å². The maximum atomic E-state index is 11.7. The Bertz CT molecular complexity index is 524. The van der Waals surface area contributed by atoms with Gasteiger partial charge in [0, 0.05) is 5.92 Å². The molecule has 2 atom stereocenters. The quantitative estimate of drug-likeness (QED) is 0.612. The lowest BCUT2D eigenvalue weighted by molar-refractivity contribution is -0.119. The summed E-state index contributed by atoms with van der Waals surface area (Å²) in [5.74, 6) is 0.872. The summed E-state index contributed by atoms with van der Waals surface area (Å²) in [4.78, 5) is 15.2. The molecule has 1 aromatic carbocycles. The van der Waals surface area contributed by atoms with Gasteiger partial charge in [-0.15, -0.1) is 0 Å². The Kier molecular flexibility index (Phi) is 3.59. The Balaban J connectivity index is 2.13. The summed E-state index contributed by atoms with van der Waals surface area (Å²) in [7, 11) is 3.16. The third-order valence-electron chi connectivity index (χ3n) is 3.18. The van der Waals surface area contributed by atoms with Crippen molar-refractivity contribution in [3.8, 4) is 11.5 Å². The van der Waals surface area contributed by atoms with Gasteiger partial charge in [-0.1, -0.05) is 6.07 Å². The van der Waals surface area contributed by atoms with Gasteiger partial charge in [0.2, 0.25) is 0 Å². The van der Waals surface area contributed by atoms with Crippen LogP contribution in [-0.4, -0.2) is 26.1 Å². The van der Waals surface area contributed by atoms with E-state index in [1.807, 2.05) is 18.2 Å². The summed E-state index contributed by atoms with van der Waals surface area (Å²) >= 11 is 0. The Labute approximate surface area is 111 Å². The van der Waals surface area contributed by atoms with Gasteiger partial charge >= 0.3 is 0 Å². The molecule has 1 saturated carbocycles. The number of hydrogen-bond acceptors (Lipinski definition) is 3. The van der Waals surface area contributed by atoms with Crippen LogP contribution in [0.4, 0.5) is 0 Å². The van der Waals surface area contributed by atoms with E-state index in [-0.39, 0.29) is 23.7 Å². The minimum absolute atomic E-state index is 0.139. The summed E-state index contributed by atoms with van der Waals surface area (Å²) in [6.45, 7) is 0.